The molecule has 2 atom stereocenters. The van der Waals surface area contributed by atoms with Crippen molar-refractivity contribution in [2.45, 2.75) is 50.7 Å². The van der Waals surface area contributed by atoms with Crippen LogP contribution in [0.4, 0.5) is 0 Å². The van der Waals surface area contributed by atoms with Gasteiger partial charge in [-0.25, -0.2) is 13.1 Å². The summed E-state index contributed by atoms with van der Waals surface area (Å²) < 4.78 is 25.9. The summed E-state index contributed by atoms with van der Waals surface area (Å²) in [4.78, 5) is 0.253. The summed E-state index contributed by atoms with van der Waals surface area (Å²) in [5.41, 5.74) is 6.09. The fraction of sp³-hybridized carbons (Fsp3) is 0.600. The fourth-order valence-corrected chi connectivity index (χ4v) is 2.49. The molecule has 0 radical (unpaired) electrons. The van der Waals surface area contributed by atoms with Crippen molar-refractivity contribution < 1.29 is 18.6 Å². The topological polar surface area (TPSA) is 113 Å². The van der Waals surface area contributed by atoms with Gasteiger partial charge >= 0.3 is 0 Å². The van der Waals surface area contributed by atoms with E-state index in [0.29, 0.717) is 19.4 Å². The minimum atomic E-state index is -3.43. The van der Waals surface area contributed by atoms with Crippen LogP contribution in [0.5, 0.6) is 0 Å². The molecule has 0 saturated heterocycles. The SMILES string of the molecule is CC(O)CCN.Cc1ccc(S(=O)(=O)NCCC(C)O)cc1.Cl. The molecule has 0 spiro atoms. The van der Waals surface area contributed by atoms with E-state index in [-0.39, 0.29) is 30.0 Å². The van der Waals surface area contributed by atoms with E-state index in [1.54, 1.807) is 38.1 Å². The molecule has 23 heavy (non-hydrogen) atoms. The van der Waals surface area contributed by atoms with Crippen LogP contribution >= 0.6 is 12.4 Å². The molecule has 0 saturated carbocycles. The lowest BCUT2D eigenvalue weighted by atomic mass is 10.2. The zero-order chi connectivity index (χ0) is 17.2. The van der Waals surface area contributed by atoms with Crippen LogP contribution in [0.25, 0.3) is 0 Å². The van der Waals surface area contributed by atoms with Gasteiger partial charge < -0.3 is 15.9 Å². The van der Waals surface area contributed by atoms with Crippen LogP contribution in [-0.4, -0.2) is 43.9 Å². The maximum atomic E-state index is 11.7. The van der Waals surface area contributed by atoms with Gasteiger partial charge in [0.15, 0.2) is 0 Å². The Bertz CT molecular complexity index is 505. The van der Waals surface area contributed by atoms with E-state index >= 15 is 0 Å². The van der Waals surface area contributed by atoms with E-state index in [1.807, 2.05) is 6.92 Å². The van der Waals surface area contributed by atoms with Crippen LogP contribution in [0.15, 0.2) is 29.2 Å². The highest BCUT2D eigenvalue weighted by Gasteiger charge is 2.12. The number of hydrogen-bond donors (Lipinski definition) is 4. The van der Waals surface area contributed by atoms with E-state index in [4.69, 9.17) is 15.9 Å². The minimum Gasteiger partial charge on any atom is -0.393 e. The monoisotopic (exact) mass is 368 g/mol. The Morgan fingerprint density at radius 1 is 1.09 bits per heavy atom. The van der Waals surface area contributed by atoms with Crippen molar-refractivity contribution in [2.24, 2.45) is 5.73 Å². The summed E-state index contributed by atoms with van der Waals surface area (Å²) in [6, 6.07) is 6.65. The van der Waals surface area contributed by atoms with Gasteiger partial charge in [0.1, 0.15) is 0 Å². The number of aliphatic hydroxyl groups is 2. The Kier molecular flexibility index (Phi) is 13.5. The normalized spacial score (nSPS) is 13.3. The molecular formula is C15H29ClN2O4S. The van der Waals surface area contributed by atoms with Crippen molar-refractivity contribution in [1.82, 2.24) is 4.72 Å². The van der Waals surface area contributed by atoms with Crippen LogP contribution in [0.1, 0.15) is 32.3 Å². The fourth-order valence-electron chi connectivity index (χ4n) is 1.44. The van der Waals surface area contributed by atoms with Gasteiger partial charge in [-0.2, -0.15) is 0 Å². The van der Waals surface area contributed by atoms with Gasteiger partial charge in [-0.3, -0.25) is 0 Å². The maximum Gasteiger partial charge on any atom is 0.240 e. The Labute approximate surface area is 145 Å². The molecule has 1 aromatic carbocycles. The number of benzene rings is 1. The molecule has 8 heteroatoms. The average Bonchev–Trinajstić information content (AvgIpc) is 2.39. The third-order valence-corrected chi connectivity index (χ3v) is 4.25. The summed E-state index contributed by atoms with van der Waals surface area (Å²) in [5.74, 6) is 0. The van der Waals surface area contributed by atoms with E-state index in [2.05, 4.69) is 4.72 Å². The third-order valence-electron chi connectivity index (χ3n) is 2.77. The largest absolute Gasteiger partial charge is 0.393 e. The van der Waals surface area contributed by atoms with Crippen molar-refractivity contribution in [2.75, 3.05) is 13.1 Å². The van der Waals surface area contributed by atoms with E-state index in [0.717, 1.165) is 5.56 Å². The molecular weight excluding hydrogens is 340 g/mol. The lowest BCUT2D eigenvalue weighted by molar-refractivity contribution is 0.186. The van der Waals surface area contributed by atoms with Crippen LogP contribution in [0.3, 0.4) is 0 Å². The van der Waals surface area contributed by atoms with Gasteiger partial charge in [0.25, 0.3) is 0 Å². The number of aliphatic hydroxyl groups excluding tert-OH is 2. The molecule has 0 aliphatic rings. The van der Waals surface area contributed by atoms with Crippen LogP contribution in [0, 0.1) is 6.92 Å². The number of halogens is 1. The molecule has 1 rings (SSSR count). The minimum absolute atomic E-state index is 0. The van der Waals surface area contributed by atoms with E-state index in [1.165, 1.54) is 0 Å². The Morgan fingerprint density at radius 3 is 1.91 bits per heavy atom. The highest BCUT2D eigenvalue weighted by atomic mass is 35.5. The van der Waals surface area contributed by atoms with Gasteiger partial charge in [-0.1, -0.05) is 17.7 Å². The standard InChI is InChI=1S/C11H17NO3S.C4H11NO.ClH/c1-9-3-5-11(6-4-9)16(14,15)12-8-7-10(2)13;1-4(6)2-3-5;/h3-6,10,12-13H,7-8H2,1-2H3;4,6H,2-3,5H2,1H3;1H. The number of hydrogen-bond acceptors (Lipinski definition) is 5. The third kappa shape index (κ3) is 12.4. The summed E-state index contributed by atoms with van der Waals surface area (Å²) in [6.45, 7) is 6.08. The quantitative estimate of drug-likeness (QED) is 0.577. The molecule has 0 fully saturated rings. The molecule has 1 aromatic rings. The number of nitrogens with one attached hydrogen (secondary N) is 1. The van der Waals surface area contributed by atoms with Crippen molar-refractivity contribution in [1.29, 1.82) is 0 Å². The molecule has 5 N–H and O–H groups in total. The molecule has 0 heterocycles. The van der Waals surface area contributed by atoms with Gasteiger partial charge in [0.2, 0.25) is 10.0 Å². The first-order chi connectivity index (χ1) is 10.2. The molecule has 0 aliphatic heterocycles. The number of nitrogens with two attached hydrogens (primary N) is 1. The number of sulfonamides is 1. The smallest absolute Gasteiger partial charge is 0.240 e. The molecule has 0 amide bonds. The molecule has 0 aliphatic carbocycles. The summed E-state index contributed by atoms with van der Waals surface area (Å²) >= 11 is 0. The highest BCUT2D eigenvalue weighted by Crippen LogP contribution is 2.09. The van der Waals surface area contributed by atoms with Crippen LogP contribution in [0.2, 0.25) is 0 Å². The predicted octanol–water partition coefficient (Wildman–Crippen LogP) is 1.18. The summed E-state index contributed by atoms with van der Waals surface area (Å²) in [7, 11) is -3.43. The number of rotatable bonds is 7. The van der Waals surface area contributed by atoms with E-state index in [9.17, 15) is 8.42 Å². The Balaban J connectivity index is 0. The van der Waals surface area contributed by atoms with Crippen molar-refractivity contribution in [3.8, 4) is 0 Å². The zero-order valence-electron chi connectivity index (χ0n) is 13.9. The van der Waals surface area contributed by atoms with Gasteiger partial charge in [0.05, 0.1) is 17.1 Å². The molecule has 0 aromatic heterocycles. The van der Waals surface area contributed by atoms with Gasteiger partial charge in [-0.15, -0.1) is 12.4 Å². The first kappa shape index (κ1) is 24.6. The second kappa shape index (κ2) is 12.7. The van der Waals surface area contributed by atoms with Gasteiger partial charge in [-0.05, 0) is 52.3 Å². The lowest BCUT2D eigenvalue weighted by Gasteiger charge is -2.08. The molecule has 136 valence electrons. The summed E-state index contributed by atoms with van der Waals surface area (Å²) in [5, 5.41) is 17.5. The summed E-state index contributed by atoms with van der Waals surface area (Å²) in [6.07, 6.45) is 0.390. The maximum absolute atomic E-state index is 11.7. The predicted molar refractivity (Wildman–Crippen MR) is 95.3 cm³/mol. The second-order valence-corrected chi connectivity index (χ2v) is 7.04. The van der Waals surface area contributed by atoms with Crippen molar-refractivity contribution in [3.63, 3.8) is 0 Å². The first-order valence-electron chi connectivity index (χ1n) is 7.31. The van der Waals surface area contributed by atoms with Crippen LogP contribution in [-0.2, 0) is 10.0 Å². The Morgan fingerprint density at radius 2 is 1.57 bits per heavy atom. The molecule has 0 bridgehead atoms. The molecule has 2 unspecified atom stereocenters. The second-order valence-electron chi connectivity index (χ2n) is 5.27. The molecule has 6 nitrogen and oxygen atoms in total. The highest BCUT2D eigenvalue weighted by molar-refractivity contribution is 7.89. The first-order valence-corrected chi connectivity index (χ1v) is 8.80. The van der Waals surface area contributed by atoms with Crippen molar-refractivity contribution in [3.05, 3.63) is 29.8 Å². The average molecular weight is 369 g/mol. The van der Waals surface area contributed by atoms with Gasteiger partial charge in [0, 0.05) is 6.54 Å². The lowest BCUT2D eigenvalue weighted by Crippen LogP contribution is -2.26. The number of aryl methyl sites for hydroxylation is 1. The zero-order valence-corrected chi connectivity index (χ0v) is 15.5. The van der Waals surface area contributed by atoms with Crippen molar-refractivity contribution >= 4 is 22.4 Å². The van der Waals surface area contributed by atoms with E-state index < -0.39 is 16.1 Å². The van der Waals surface area contributed by atoms with Crippen LogP contribution < -0.4 is 10.5 Å². The Hall–Kier alpha value is -0.700.